The molecule has 3 nitrogen and oxygen atoms in total. The largest absolute Gasteiger partial charge is 0.364 e. The first-order valence-electron chi connectivity index (χ1n) is 5.89. The summed E-state index contributed by atoms with van der Waals surface area (Å²) < 4.78 is 0. The zero-order valence-electron chi connectivity index (χ0n) is 10.3. The summed E-state index contributed by atoms with van der Waals surface area (Å²) in [5.74, 6) is 0.931. The van der Waals surface area contributed by atoms with E-state index in [1.54, 1.807) is 6.20 Å². The Kier molecular flexibility index (Phi) is 3.70. The highest BCUT2D eigenvalue weighted by atomic mass is 15.0. The van der Waals surface area contributed by atoms with Gasteiger partial charge in [-0.2, -0.15) is 0 Å². The van der Waals surface area contributed by atoms with Gasteiger partial charge >= 0.3 is 0 Å². The predicted octanol–water partition coefficient (Wildman–Crippen LogP) is 2.96. The van der Waals surface area contributed by atoms with Gasteiger partial charge in [0, 0.05) is 12.4 Å². The average Bonchev–Trinajstić information content (AvgIpc) is 2.38. The van der Waals surface area contributed by atoms with Crippen molar-refractivity contribution in [2.75, 3.05) is 5.32 Å². The number of hydrogen-bond acceptors (Lipinski definition) is 3. The van der Waals surface area contributed by atoms with Gasteiger partial charge in [0.2, 0.25) is 0 Å². The minimum absolute atomic E-state index is 0.724. The van der Waals surface area contributed by atoms with E-state index < -0.39 is 0 Å². The van der Waals surface area contributed by atoms with Gasteiger partial charge in [0.25, 0.3) is 0 Å². The SMILES string of the molecule is CCc1cccnc1CNc1ncccc1C. The van der Waals surface area contributed by atoms with Crippen LogP contribution < -0.4 is 5.32 Å². The topological polar surface area (TPSA) is 37.8 Å². The Morgan fingerprint density at radius 3 is 2.65 bits per heavy atom. The first kappa shape index (κ1) is 11.6. The first-order chi connectivity index (χ1) is 8.31. The molecule has 0 radical (unpaired) electrons. The van der Waals surface area contributed by atoms with E-state index >= 15 is 0 Å². The summed E-state index contributed by atoms with van der Waals surface area (Å²) in [6, 6.07) is 8.09. The minimum atomic E-state index is 0.724. The lowest BCUT2D eigenvalue weighted by Crippen LogP contribution is -2.06. The normalized spacial score (nSPS) is 10.2. The molecule has 0 unspecified atom stereocenters. The lowest BCUT2D eigenvalue weighted by atomic mass is 10.1. The highest BCUT2D eigenvalue weighted by molar-refractivity contribution is 5.43. The van der Waals surface area contributed by atoms with Gasteiger partial charge in [-0.25, -0.2) is 4.98 Å². The lowest BCUT2D eigenvalue weighted by Gasteiger charge is -2.10. The zero-order chi connectivity index (χ0) is 12.1. The van der Waals surface area contributed by atoms with Crippen LogP contribution in [0.3, 0.4) is 0 Å². The zero-order valence-corrected chi connectivity index (χ0v) is 10.3. The maximum Gasteiger partial charge on any atom is 0.129 e. The molecule has 0 saturated heterocycles. The van der Waals surface area contributed by atoms with Crippen LogP contribution >= 0.6 is 0 Å². The summed E-state index contributed by atoms with van der Waals surface area (Å²) in [7, 11) is 0. The first-order valence-corrected chi connectivity index (χ1v) is 5.89. The van der Waals surface area contributed by atoms with E-state index in [1.165, 1.54) is 5.56 Å². The van der Waals surface area contributed by atoms with E-state index in [4.69, 9.17) is 0 Å². The van der Waals surface area contributed by atoms with Crippen LogP contribution in [0.25, 0.3) is 0 Å². The molecule has 0 aromatic carbocycles. The van der Waals surface area contributed by atoms with Crippen molar-refractivity contribution in [1.82, 2.24) is 9.97 Å². The van der Waals surface area contributed by atoms with Gasteiger partial charge in [0.15, 0.2) is 0 Å². The molecule has 0 fully saturated rings. The van der Waals surface area contributed by atoms with E-state index in [0.717, 1.165) is 30.0 Å². The van der Waals surface area contributed by atoms with E-state index in [0.29, 0.717) is 0 Å². The molecular formula is C14H17N3. The van der Waals surface area contributed by atoms with Crippen molar-refractivity contribution in [3.8, 4) is 0 Å². The summed E-state index contributed by atoms with van der Waals surface area (Å²) >= 11 is 0. The number of hydrogen-bond donors (Lipinski definition) is 1. The second-order valence-corrected chi connectivity index (χ2v) is 3.99. The number of aromatic nitrogens is 2. The number of pyridine rings is 2. The molecule has 0 amide bonds. The van der Waals surface area contributed by atoms with Gasteiger partial charge in [0.05, 0.1) is 12.2 Å². The molecule has 2 aromatic rings. The Balaban J connectivity index is 2.10. The van der Waals surface area contributed by atoms with E-state index in [-0.39, 0.29) is 0 Å². The van der Waals surface area contributed by atoms with Crippen molar-refractivity contribution in [2.45, 2.75) is 26.8 Å². The maximum absolute atomic E-state index is 4.40. The molecule has 2 rings (SSSR count). The molecule has 2 aromatic heterocycles. The van der Waals surface area contributed by atoms with Crippen LogP contribution in [-0.2, 0) is 13.0 Å². The monoisotopic (exact) mass is 227 g/mol. The Labute approximate surface area is 102 Å². The molecule has 88 valence electrons. The summed E-state index contributed by atoms with van der Waals surface area (Å²) in [5.41, 5.74) is 3.54. The highest BCUT2D eigenvalue weighted by Crippen LogP contribution is 2.12. The number of rotatable bonds is 4. The second-order valence-electron chi connectivity index (χ2n) is 3.99. The van der Waals surface area contributed by atoms with Gasteiger partial charge in [0.1, 0.15) is 5.82 Å². The van der Waals surface area contributed by atoms with Crippen LogP contribution in [0.1, 0.15) is 23.7 Å². The molecule has 0 aliphatic carbocycles. The van der Waals surface area contributed by atoms with Crippen LogP contribution in [0.2, 0.25) is 0 Å². The highest BCUT2D eigenvalue weighted by Gasteiger charge is 2.02. The fourth-order valence-electron chi connectivity index (χ4n) is 1.79. The molecule has 3 heteroatoms. The molecule has 2 heterocycles. The van der Waals surface area contributed by atoms with Crippen LogP contribution in [0.5, 0.6) is 0 Å². The van der Waals surface area contributed by atoms with Gasteiger partial charge in [-0.1, -0.05) is 19.1 Å². The smallest absolute Gasteiger partial charge is 0.129 e. The Bertz CT molecular complexity index is 494. The summed E-state index contributed by atoms with van der Waals surface area (Å²) in [6.07, 6.45) is 4.64. The average molecular weight is 227 g/mol. The van der Waals surface area contributed by atoms with Crippen molar-refractivity contribution >= 4 is 5.82 Å². The lowest BCUT2D eigenvalue weighted by molar-refractivity contribution is 0.962. The van der Waals surface area contributed by atoms with Crippen molar-refractivity contribution < 1.29 is 0 Å². The minimum Gasteiger partial charge on any atom is -0.364 e. The van der Waals surface area contributed by atoms with Crippen molar-refractivity contribution in [2.24, 2.45) is 0 Å². The van der Waals surface area contributed by atoms with Gasteiger partial charge in [-0.3, -0.25) is 4.98 Å². The van der Waals surface area contributed by atoms with E-state index in [9.17, 15) is 0 Å². The van der Waals surface area contributed by atoms with Crippen molar-refractivity contribution in [3.05, 3.63) is 53.5 Å². The number of nitrogens with zero attached hydrogens (tertiary/aromatic N) is 2. The van der Waals surface area contributed by atoms with Crippen molar-refractivity contribution in [3.63, 3.8) is 0 Å². The molecular weight excluding hydrogens is 210 g/mol. The fraction of sp³-hybridized carbons (Fsp3) is 0.286. The third kappa shape index (κ3) is 2.81. The molecule has 0 spiro atoms. The number of anilines is 1. The van der Waals surface area contributed by atoms with Crippen LogP contribution in [0, 0.1) is 6.92 Å². The second kappa shape index (κ2) is 5.43. The van der Waals surface area contributed by atoms with Gasteiger partial charge < -0.3 is 5.32 Å². The molecule has 0 bridgehead atoms. The molecule has 1 N–H and O–H groups in total. The third-order valence-electron chi connectivity index (χ3n) is 2.80. The van der Waals surface area contributed by atoms with Crippen LogP contribution in [-0.4, -0.2) is 9.97 Å². The maximum atomic E-state index is 4.40. The quantitative estimate of drug-likeness (QED) is 0.872. The third-order valence-corrected chi connectivity index (χ3v) is 2.80. The molecule has 0 aliphatic rings. The Morgan fingerprint density at radius 1 is 1.12 bits per heavy atom. The molecule has 0 aliphatic heterocycles. The fourth-order valence-corrected chi connectivity index (χ4v) is 1.79. The van der Waals surface area contributed by atoms with Gasteiger partial charge in [-0.15, -0.1) is 0 Å². The Hall–Kier alpha value is -1.90. The number of aryl methyl sites for hydroxylation is 2. The molecule has 0 saturated carbocycles. The molecule has 0 atom stereocenters. The van der Waals surface area contributed by atoms with Crippen LogP contribution in [0.4, 0.5) is 5.82 Å². The van der Waals surface area contributed by atoms with Crippen molar-refractivity contribution in [1.29, 1.82) is 0 Å². The van der Waals surface area contributed by atoms with E-state index in [2.05, 4.69) is 41.3 Å². The van der Waals surface area contributed by atoms with Crippen LogP contribution in [0.15, 0.2) is 36.7 Å². The Morgan fingerprint density at radius 2 is 1.88 bits per heavy atom. The van der Waals surface area contributed by atoms with Gasteiger partial charge in [-0.05, 0) is 36.6 Å². The standard InChI is InChI=1S/C14H17N3/c1-3-12-7-5-8-15-13(12)10-17-14-11(2)6-4-9-16-14/h4-9H,3,10H2,1-2H3,(H,16,17). The summed E-state index contributed by atoms with van der Waals surface area (Å²) in [6.45, 7) is 4.92. The molecule has 17 heavy (non-hydrogen) atoms. The summed E-state index contributed by atoms with van der Waals surface area (Å²) in [5, 5.41) is 3.33. The van der Waals surface area contributed by atoms with E-state index in [1.807, 2.05) is 18.3 Å². The predicted molar refractivity (Wildman–Crippen MR) is 69.9 cm³/mol. The number of nitrogens with one attached hydrogen (secondary N) is 1. The summed E-state index contributed by atoms with van der Waals surface area (Å²) in [4.78, 5) is 8.71.